The van der Waals surface area contributed by atoms with Crippen LogP contribution in [0, 0.1) is 6.92 Å². The van der Waals surface area contributed by atoms with Crippen molar-refractivity contribution in [1.29, 1.82) is 0 Å². The van der Waals surface area contributed by atoms with Crippen LogP contribution in [0.5, 0.6) is 0 Å². The Morgan fingerprint density at radius 3 is 2.38 bits per heavy atom. The quantitative estimate of drug-likeness (QED) is 0.894. The molecular formula is C12H16ClF3N2O2S. The molecule has 0 aromatic heterocycles. The lowest BCUT2D eigenvalue weighted by atomic mass is 10.1. The molecule has 120 valence electrons. The number of hydrogen-bond donors (Lipinski definition) is 1. The van der Waals surface area contributed by atoms with Crippen molar-refractivity contribution < 1.29 is 21.6 Å². The van der Waals surface area contributed by atoms with E-state index in [4.69, 9.17) is 5.73 Å². The van der Waals surface area contributed by atoms with Gasteiger partial charge in [-0.3, -0.25) is 0 Å². The number of alkyl halides is 3. The zero-order valence-electron chi connectivity index (χ0n) is 11.2. The highest BCUT2D eigenvalue weighted by Crippen LogP contribution is 2.32. The molecule has 0 aliphatic carbocycles. The number of rotatable bonds is 2. The molecule has 1 atom stereocenters. The first-order valence-corrected chi connectivity index (χ1v) is 7.50. The Bertz CT molecular complexity index is 619. The second-order valence-corrected chi connectivity index (χ2v) is 6.80. The summed E-state index contributed by atoms with van der Waals surface area (Å²) in [5, 5.41) is 0. The second kappa shape index (κ2) is 6.12. The molecule has 0 unspecified atom stereocenters. The first kappa shape index (κ1) is 18.2. The van der Waals surface area contributed by atoms with Crippen LogP contribution in [0.25, 0.3) is 0 Å². The van der Waals surface area contributed by atoms with Crippen molar-refractivity contribution in [3.05, 3.63) is 29.3 Å². The van der Waals surface area contributed by atoms with E-state index in [-0.39, 0.29) is 35.5 Å². The number of halogens is 4. The Morgan fingerprint density at radius 1 is 1.33 bits per heavy atom. The summed E-state index contributed by atoms with van der Waals surface area (Å²) in [6.45, 7) is 1.85. The molecule has 1 fully saturated rings. The second-order valence-electron chi connectivity index (χ2n) is 4.89. The third kappa shape index (κ3) is 3.68. The molecule has 1 aliphatic rings. The van der Waals surface area contributed by atoms with Gasteiger partial charge in [0.1, 0.15) is 0 Å². The SMILES string of the molecule is Cc1cc(C(F)(F)F)ccc1S(=O)(=O)N1CC[C@@H](N)C1.Cl. The highest BCUT2D eigenvalue weighted by Gasteiger charge is 2.34. The number of nitrogens with two attached hydrogens (primary N) is 1. The summed E-state index contributed by atoms with van der Waals surface area (Å²) in [6.07, 6.45) is -3.93. The predicted molar refractivity (Wildman–Crippen MR) is 74.8 cm³/mol. The van der Waals surface area contributed by atoms with E-state index >= 15 is 0 Å². The van der Waals surface area contributed by atoms with Crippen LogP contribution in [-0.4, -0.2) is 31.9 Å². The van der Waals surface area contributed by atoms with Crippen molar-refractivity contribution in [2.45, 2.75) is 30.5 Å². The van der Waals surface area contributed by atoms with Gasteiger partial charge in [0.25, 0.3) is 0 Å². The van der Waals surface area contributed by atoms with E-state index < -0.39 is 21.8 Å². The molecule has 9 heteroatoms. The van der Waals surface area contributed by atoms with Crippen LogP contribution in [0.1, 0.15) is 17.5 Å². The molecule has 0 amide bonds. The molecule has 1 aromatic rings. The molecule has 4 nitrogen and oxygen atoms in total. The first-order chi connectivity index (χ1) is 9.12. The van der Waals surface area contributed by atoms with Gasteiger partial charge in [-0.25, -0.2) is 8.42 Å². The molecule has 1 saturated heterocycles. The van der Waals surface area contributed by atoms with Crippen molar-refractivity contribution in [3.63, 3.8) is 0 Å². The van der Waals surface area contributed by atoms with Gasteiger partial charge < -0.3 is 5.73 Å². The molecule has 2 N–H and O–H groups in total. The van der Waals surface area contributed by atoms with Crippen LogP contribution in [0.2, 0.25) is 0 Å². The third-order valence-corrected chi connectivity index (χ3v) is 5.33. The van der Waals surface area contributed by atoms with E-state index in [1.54, 1.807) is 0 Å². The molecule has 1 aromatic carbocycles. The van der Waals surface area contributed by atoms with Gasteiger partial charge in [0.05, 0.1) is 10.5 Å². The summed E-state index contributed by atoms with van der Waals surface area (Å²) in [6, 6.07) is 2.43. The fourth-order valence-electron chi connectivity index (χ4n) is 2.23. The zero-order chi connectivity index (χ0) is 15.1. The highest BCUT2D eigenvalue weighted by molar-refractivity contribution is 7.89. The molecule has 0 spiro atoms. The van der Waals surface area contributed by atoms with Gasteiger partial charge in [-0.2, -0.15) is 17.5 Å². The Kier molecular flexibility index (Phi) is 5.31. The summed E-state index contributed by atoms with van der Waals surface area (Å²) in [7, 11) is -3.78. The van der Waals surface area contributed by atoms with Crippen LogP contribution in [0.3, 0.4) is 0 Å². The number of nitrogens with zero attached hydrogens (tertiary/aromatic N) is 1. The molecule has 0 bridgehead atoms. The maximum Gasteiger partial charge on any atom is 0.416 e. The van der Waals surface area contributed by atoms with Gasteiger partial charge in [0, 0.05) is 19.1 Å². The fraction of sp³-hybridized carbons (Fsp3) is 0.500. The summed E-state index contributed by atoms with van der Waals surface area (Å²) in [5.41, 5.74) is 4.89. The molecule has 0 saturated carbocycles. The number of benzene rings is 1. The van der Waals surface area contributed by atoms with E-state index in [0.717, 1.165) is 18.2 Å². The van der Waals surface area contributed by atoms with Crippen LogP contribution in [0.15, 0.2) is 23.1 Å². The van der Waals surface area contributed by atoms with E-state index in [1.165, 1.54) is 11.2 Å². The minimum atomic E-state index is -4.48. The minimum absolute atomic E-state index is 0. The molecule has 0 radical (unpaired) electrons. The van der Waals surface area contributed by atoms with Gasteiger partial charge in [-0.05, 0) is 37.1 Å². The van der Waals surface area contributed by atoms with Crippen molar-refractivity contribution in [1.82, 2.24) is 4.31 Å². The largest absolute Gasteiger partial charge is 0.416 e. The van der Waals surface area contributed by atoms with Crippen LogP contribution in [0.4, 0.5) is 13.2 Å². The van der Waals surface area contributed by atoms with Crippen molar-refractivity contribution >= 4 is 22.4 Å². The Morgan fingerprint density at radius 2 is 1.95 bits per heavy atom. The van der Waals surface area contributed by atoms with Crippen molar-refractivity contribution in [3.8, 4) is 0 Å². The minimum Gasteiger partial charge on any atom is -0.326 e. The average Bonchev–Trinajstić information content (AvgIpc) is 2.75. The number of hydrogen-bond acceptors (Lipinski definition) is 3. The predicted octanol–water partition coefficient (Wildman–Crippen LogP) is 2.16. The lowest BCUT2D eigenvalue weighted by molar-refractivity contribution is -0.137. The lowest BCUT2D eigenvalue weighted by Gasteiger charge is -2.18. The molecule has 1 heterocycles. The summed E-state index contributed by atoms with van der Waals surface area (Å²) >= 11 is 0. The van der Waals surface area contributed by atoms with Crippen molar-refractivity contribution in [2.24, 2.45) is 5.73 Å². The summed E-state index contributed by atoms with van der Waals surface area (Å²) in [4.78, 5) is -0.0976. The van der Waals surface area contributed by atoms with Gasteiger partial charge in [-0.1, -0.05) is 0 Å². The Hall–Kier alpha value is -0.830. The van der Waals surface area contributed by atoms with Gasteiger partial charge in [0.15, 0.2) is 0 Å². The van der Waals surface area contributed by atoms with Crippen molar-refractivity contribution in [2.75, 3.05) is 13.1 Å². The first-order valence-electron chi connectivity index (χ1n) is 6.06. The Labute approximate surface area is 127 Å². The topological polar surface area (TPSA) is 63.4 Å². The van der Waals surface area contributed by atoms with Crippen LogP contribution in [-0.2, 0) is 16.2 Å². The molecular weight excluding hydrogens is 329 g/mol. The standard InChI is InChI=1S/C12H15F3N2O2S.ClH/c1-8-6-9(12(13,14)15)2-3-11(8)20(18,19)17-5-4-10(16)7-17;/h2-3,6,10H,4-5,7,16H2,1H3;1H/t10-;/m1./s1. The molecule has 1 aliphatic heterocycles. The van der Waals surface area contributed by atoms with Crippen LogP contribution >= 0.6 is 12.4 Å². The van der Waals surface area contributed by atoms with E-state index in [9.17, 15) is 21.6 Å². The fourth-order valence-corrected chi connectivity index (χ4v) is 3.94. The zero-order valence-corrected chi connectivity index (χ0v) is 12.9. The summed E-state index contributed by atoms with van der Waals surface area (Å²) < 4.78 is 63.6. The van der Waals surface area contributed by atoms with Gasteiger partial charge in [0.2, 0.25) is 10.0 Å². The van der Waals surface area contributed by atoms with E-state index in [0.29, 0.717) is 13.0 Å². The number of aryl methyl sites for hydroxylation is 1. The Balaban J connectivity index is 0.00000220. The van der Waals surface area contributed by atoms with E-state index in [1.807, 2.05) is 0 Å². The highest BCUT2D eigenvalue weighted by atomic mass is 35.5. The maximum absolute atomic E-state index is 12.6. The van der Waals surface area contributed by atoms with Gasteiger partial charge in [-0.15, -0.1) is 12.4 Å². The smallest absolute Gasteiger partial charge is 0.326 e. The summed E-state index contributed by atoms with van der Waals surface area (Å²) in [5.74, 6) is 0. The monoisotopic (exact) mass is 344 g/mol. The van der Waals surface area contributed by atoms with E-state index in [2.05, 4.69) is 0 Å². The normalized spacial score (nSPS) is 20.3. The number of sulfonamides is 1. The van der Waals surface area contributed by atoms with Crippen LogP contribution < -0.4 is 5.73 Å². The molecule has 2 rings (SSSR count). The lowest BCUT2D eigenvalue weighted by Crippen LogP contribution is -2.32. The third-order valence-electron chi connectivity index (χ3n) is 3.31. The van der Waals surface area contributed by atoms with Gasteiger partial charge >= 0.3 is 6.18 Å². The molecule has 21 heavy (non-hydrogen) atoms. The average molecular weight is 345 g/mol. The maximum atomic E-state index is 12.6.